The standard InChI is InChI=1S/C18H22N4O3/c1-13-16(20-25-19-13)11-21-6-8-22(9-7-21)18(23)15-10-14-4-2-3-5-17(14)24-12-15/h2-5,15H,6-12H2,1H3. The average molecular weight is 342 g/mol. The summed E-state index contributed by atoms with van der Waals surface area (Å²) in [6.07, 6.45) is 0.763. The molecule has 7 nitrogen and oxygen atoms in total. The van der Waals surface area contributed by atoms with E-state index in [2.05, 4.69) is 15.2 Å². The maximum atomic E-state index is 12.8. The lowest BCUT2D eigenvalue weighted by Crippen LogP contribution is -2.51. The molecule has 1 unspecified atom stereocenters. The van der Waals surface area contributed by atoms with E-state index in [0.717, 1.165) is 61.8 Å². The summed E-state index contributed by atoms with van der Waals surface area (Å²) < 4.78 is 10.5. The zero-order valence-corrected chi connectivity index (χ0v) is 14.4. The molecule has 132 valence electrons. The van der Waals surface area contributed by atoms with Crippen LogP contribution in [-0.2, 0) is 17.8 Å². The van der Waals surface area contributed by atoms with Crippen molar-refractivity contribution in [3.8, 4) is 5.75 Å². The normalized spacial score (nSPS) is 20.8. The summed E-state index contributed by atoms with van der Waals surface area (Å²) in [7, 11) is 0. The van der Waals surface area contributed by atoms with Gasteiger partial charge in [-0.25, -0.2) is 4.63 Å². The lowest BCUT2D eigenvalue weighted by Gasteiger charge is -2.37. The highest BCUT2D eigenvalue weighted by molar-refractivity contribution is 5.80. The van der Waals surface area contributed by atoms with Crippen molar-refractivity contribution in [2.24, 2.45) is 5.92 Å². The highest BCUT2D eigenvalue weighted by Gasteiger charge is 2.31. The Labute approximate surface area is 146 Å². The predicted molar refractivity (Wildman–Crippen MR) is 90.0 cm³/mol. The lowest BCUT2D eigenvalue weighted by atomic mass is 9.95. The van der Waals surface area contributed by atoms with Gasteiger partial charge < -0.3 is 9.64 Å². The summed E-state index contributed by atoms with van der Waals surface area (Å²) >= 11 is 0. The Bertz CT molecular complexity index is 752. The van der Waals surface area contributed by atoms with Crippen LogP contribution in [0.15, 0.2) is 28.9 Å². The minimum atomic E-state index is -0.0802. The van der Waals surface area contributed by atoms with Crippen molar-refractivity contribution >= 4 is 5.91 Å². The average Bonchev–Trinajstić information content (AvgIpc) is 3.06. The van der Waals surface area contributed by atoms with Crippen molar-refractivity contribution in [2.45, 2.75) is 19.9 Å². The Kier molecular flexibility index (Phi) is 4.40. The number of piperazine rings is 1. The fourth-order valence-electron chi connectivity index (χ4n) is 3.48. The second-order valence-electron chi connectivity index (χ2n) is 6.72. The van der Waals surface area contributed by atoms with E-state index in [9.17, 15) is 4.79 Å². The zero-order valence-electron chi connectivity index (χ0n) is 14.4. The van der Waals surface area contributed by atoms with Crippen molar-refractivity contribution in [3.05, 3.63) is 41.2 Å². The van der Waals surface area contributed by atoms with Crippen molar-refractivity contribution in [1.29, 1.82) is 0 Å². The second-order valence-corrected chi connectivity index (χ2v) is 6.72. The number of amides is 1. The fraction of sp³-hybridized carbons (Fsp3) is 0.500. The Balaban J connectivity index is 1.32. The molecular weight excluding hydrogens is 320 g/mol. The molecule has 4 rings (SSSR count). The highest BCUT2D eigenvalue weighted by atomic mass is 16.6. The molecule has 0 N–H and O–H groups in total. The molecule has 0 radical (unpaired) electrons. The number of benzene rings is 1. The molecule has 25 heavy (non-hydrogen) atoms. The van der Waals surface area contributed by atoms with Crippen LogP contribution < -0.4 is 4.74 Å². The minimum Gasteiger partial charge on any atom is -0.492 e. The van der Waals surface area contributed by atoms with Gasteiger partial charge in [0.25, 0.3) is 0 Å². The number of aryl methyl sites for hydroxylation is 1. The number of rotatable bonds is 3. The van der Waals surface area contributed by atoms with Gasteiger partial charge >= 0.3 is 0 Å². The van der Waals surface area contributed by atoms with Crippen LogP contribution in [0.1, 0.15) is 17.0 Å². The molecule has 2 aliphatic rings. The Hall–Kier alpha value is -2.41. The molecule has 1 aromatic carbocycles. The monoisotopic (exact) mass is 342 g/mol. The first-order valence-electron chi connectivity index (χ1n) is 8.70. The number of carbonyl (C=O) groups excluding carboxylic acids is 1. The third-order valence-electron chi connectivity index (χ3n) is 5.03. The van der Waals surface area contributed by atoms with Crippen molar-refractivity contribution in [3.63, 3.8) is 0 Å². The molecule has 0 aliphatic carbocycles. The van der Waals surface area contributed by atoms with Gasteiger partial charge in [0.2, 0.25) is 5.91 Å². The number of carbonyl (C=O) groups is 1. The van der Waals surface area contributed by atoms with Crippen molar-refractivity contribution in [2.75, 3.05) is 32.8 Å². The number of nitrogens with zero attached hydrogens (tertiary/aromatic N) is 4. The molecule has 3 heterocycles. The zero-order chi connectivity index (χ0) is 17.2. The van der Waals surface area contributed by atoms with E-state index in [-0.39, 0.29) is 11.8 Å². The molecule has 2 aliphatic heterocycles. The molecule has 1 amide bonds. The number of ether oxygens (including phenoxy) is 1. The highest BCUT2D eigenvalue weighted by Crippen LogP contribution is 2.28. The largest absolute Gasteiger partial charge is 0.492 e. The van der Waals surface area contributed by atoms with Gasteiger partial charge in [0.15, 0.2) is 0 Å². The summed E-state index contributed by atoms with van der Waals surface area (Å²) in [5, 5.41) is 7.75. The van der Waals surface area contributed by atoms with Crippen molar-refractivity contribution in [1.82, 2.24) is 20.1 Å². The van der Waals surface area contributed by atoms with E-state index >= 15 is 0 Å². The van der Waals surface area contributed by atoms with Gasteiger partial charge in [0, 0.05) is 32.7 Å². The van der Waals surface area contributed by atoms with Gasteiger partial charge in [-0.05, 0) is 25.0 Å². The molecule has 0 spiro atoms. The number of para-hydroxylation sites is 1. The summed E-state index contributed by atoms with van der Waals surface area (Å²) in [4.78, 5) is 17.1. The Morgan fingerprint density at radius 1 is 1.20 bits per heavy atom. The van der Waals surface area contributed by atoms with Crippen LogP contribution in [0.4, 0.5) is 0 Å². The van der Waals surface area contributed by atoms with Crippen LogP contribution in [0, 0.1) is 12.8 Å². The van der Waals surface area contributed by atoms with Gasteiger partial charge in [-0.15, -0.1) is 0 Å². The topological polar surface area (TPSA) is 71.7 Å². The SMILES string of the molecule is Cc1nonc1CN1CCN(C(=O)C2COc3ccccc3C2)CC1. The predicted octanol–water partition coefficient (Wildman–Crippen LogP) is 1.27. The quantitative estimate of drug-likeness (QED) is 0.837. The van der Waals surface area contributed by atoms with E-state index in [0.29, 0.717) is 6.61 Å². The molecule has 1 aromatic heterocycles. The molecule has 0 bridgehead atoms. The summed E-state index contributed by atoms with van der Waals surface area (Å²) in [5.41, 5.74) is 2.83. The second kappa shape index (κ2) is 6.84. The van der Waals surface area contributed by atoms with Crippen molar-refractivity contribution < 1.29 is 14.2 Å². The van der Waals surface area contributed by atoms with Crippen LogP contribution in [0.3, 0.4) is 0 Å². The molecule has 1 fully saturated rings. The molecule has 7 heteroatoms. The number of fused-ring (bicyclic) bond motifs is 1. The molecule has 1 saturated heterocycles. The number of aromatic nitrogens is 2. The van der Waals surface area contributed by atoms with Crippen LogP contribution in [0.5, 0.6) is 5.75 Å². The molecule has 1 atom stereocenters. The van der Waals surface area contributed by atoms with Gasteiger partial charge in [0.05, 0.1) is 5.92 Å². The summed E-state index contributed by atoms with van der Waals surface area (Å²) in [6.45, 7) is 6.23. The summed E-state index contributed by atoms with van der Waals surface area (Å²) in [5.74, 6) is 1.03. The first-order valence-corrected chi connectivity index (χ1v) is 8.70. The first-order chi connectivity index (χ1) is 12.2. The fourth-order valence-corrected chi connectivity index (χ4v) is 3.48. The Morgan fingerprint density at radius 3 is 2.76 bits per heavy atom. The molecule has 0 saturated carbocycles. The van der Waals surface area contributed by atoms with Crippen LogP contribution in [-0.4, -0.2) is 58.8 Å². The third-order valence-corrected chi connectivity index (χ3v) is 5.03. The van der Waals surface area contributed by atoms with E-state index in [1.807, 2.05) is 36.1 Å². The smallest absolute Gasteiger partial charge is 0.229 e. The van der Waals surface area contributed by atoms with Gasteiger partial charge in [-0.3, -0.25) is 9.69 Å². The molecule has 2 aromatic rings. The lowest BCUT2D eigenvalue weighted by molar-refractivity contribution is -0.138. The molecular formula is C18H22N4O3. The van der Waals surface area contributed by atoms with Crippen LogP contribution in [0.25, 0.3) is 0 Å². The number of hydrogen-bond donors (Lipinski definition) is 0. The van der Waals surface area contributed by atoms with Crippen LogP contribution in [0.2, 0.25) is 0 Å². The van der Waals surface area contributed by atoms with E-state index in [1.165, 1.54) is 0 Å². The first kappa shape index (κ1) is 16.1. The van der Waals surface area contributed by atoms with E-state index in [4.69, 9.17) is 9.37 Å². The maximum absolute atomic E-state index is 12.8. The maximum Gasteiger partial charge on any atom is 0.229 e. The third kappa shape index (κ3) is 3.37. The van der Waals surface area contributed by atoms with Gasteiger partial charge in [-0.2, -0.15) is 0 Å². The van der Waals surface area contributed by atoms with Crippen LogP contribution >= 0.6 is 0 Å². The van der Waals surface area contributed by atoms with Gasteiger partial charge in [0.1, 0.15) is 23.7 Å². The van der Waals surface area contributed by atoms with E-state index < -0.39 is 0 Å². The summed E-state index contributed by atoms with van der Waals surface area (Å²) in [6, 6.07) is 7.97. The minimum absolute atomic E-state index is 0.0802. The van der Waals surface area contributed by atoms with E-state index in [1.54, 1.807) is 0 Å². The Morgan fingerprint density at radius 2 is 2.00 bits per heavy atom. The number of hydrogen-bond acceptors (Lipinski definition) is 6. The van der Waals surface area contributed by atoms with Gasteiger partial charge in [-0.1, -0.05) is 28.5 Å².